The van der Waals surface area contributed by atoms with Crippen LogP contribution in [0.3, 0.4) is 0 Å². The Labute approximate surface area is 212 Å². The van der Waals surface area contributed by atoms with Crippen LogP contribution in [0.15, 0.2) is 44.0 Å². The highest BCUT2D eigenvalue weighted by Crippen LogP contribution is 2.45. The van der Waals surface area contributed by atoms with E-state index in [4.69, 9.17) is 9.72 Å². The second kappa shape index (κ2) is 9.45. The molecule has 3 nitrogen and oxygen atoms in total. The van der Waals surface area contributed by atoms with Gasteiger partial charge in [0.1, 0.15) is 11.6 Å². The maximum Gasteiger partial charge on any atom is 0.138 e. The summed E-state index contributed by atoms with van der Waals surface area (Å²) in [5.41, 5.74) is 3.19. The van der Waals surface area contributed by atoms with Crippen LogP contribution in [0.2, 0.25) is 0 Å². The Bertz CT molecular complexity index is 1310. The molecule has 0 radical (unpaired) electrons. The maximum absolute atomic E-state index is 6.09. The number of halogens is 2. The first-order valence-corrected chi connectivity index (χ1v) is 14.2. The van der Waals surface area contributed by atoms with Crippen molar-refractivity contribution in [2.24, 2.45) is 5.92 Å². The molecule has 0 aliphatic carbocycles. The molecule has 5 rings (SSSR count). The zero-order valence-corrected chi connectivity index (χ0v) is 22.8. The van der Waals surface area contributed by atoms with Gasteiger partial charge in [0, 0.05) is 16.3 Å². The minimum Gasteiger partial charge on any atom is -0.493 e. The fourth-order valence-corrected chi connectivity index (χ4v) is 7.51. The van der Waals surface area contributed by atoms with Gasteiger partial charge in [0.2, 0.25) is 0 Å². The summed E-state index contributed by atoms with van der Waals surface area (Å²) < 4.78 is 10.9. The van der Waals surface area contributed by atoms with Crippen LogP contribution in [0, 0.1) is 5.92 Å². The molecule has 3 aromatic heterocycles. The Morgan fingerprint density at radius 2 is 1.69 bits per heavy atom. The number of ether oxygens (including phenoxy) is 1. The summed E-state index contributed by atoms with van der Waals surface area (Å²) >= 11 is 10.9. The lowest BCUT2D eigenvalue weighted by Gasteiger charge is -2.15. The molecule has 7 heteroatoms. The SMILES string of the molecule is CCCCC(CC)COc1ccc(-c2nc3c4cc(Br)sc4c4sc(Br)cc4c3[nH]2)cc1. The van der Waals surface area contributed by atoms with Gasteiger partial charge in [-0.1, -0.05) is 33.1 Å². The number of aromatic nitrogens is 2. The lowest BCUT2D eigenvalue weighted by atomic mass is 10.0. The highest BCUT2D eigenvalue weighted by molar-refractivity contribution is 9.11. The molecule has 32 heavy (non-hydrogen) atoms. The van der Waals surface area contributed by atoms with Crippen molar-refractivity contribution in [3.8, 4) is 17.1 Å². The number of nitrogens with zero attached hydrogens (tertiary/aromatic N) is 1. The third-order valence-electron chi connectivity index (χ3n) is 6.00. The molecule has 0 amide bonds. The number of unbranched alkanes of at least 4 members (excludes halogenated alkanes) is 1. The van der Waals surface area contributed by atoms with E-state index in [1.165, 1.54) is 39.4 Å². The Kier molecular flexibility index (Phi) is 6.61. The number of nitrogens with one attached hydrogen (secondary N) is 1. The van der Waals surface area contributed by atoms with Gasteiger partial charge in [-0.3, -0.25) is 0 Å². The minimum atomic E-state index is 0.629. The first kappa shape index (κ1) is 22.4. The van der Waals surface area contributed by atoms with Crippen LogP contribution in [0.25, 0.3) is 42.6 Å². The fourth-order valence-electron chi connectivity index (χ4n) is 4.14. The van der Waals surface area contributed by atoms with Crippen molar-refractivity contribution in [1.82, 2.24) is 9.97 Å². The van der Waals surface area contributed by atoms with Gasteiger partial charge >= 0.3 is 0 Å². The molecule has 0 saturated heterocycles. The number of imidazole rings is 1. The molecule has 1 atom stereocenters. The minimum absolute atomic E-state index is 0.629. The second-order valence-corrected chi connectivity index (χ2v) is 13.0. The van der Waals surface area contributed by atoms with Crippen LogP contribution in [-0.2, 0) is 0 Å². The van der Waals surface area contributed by atoms with E-state index in [1.54, 1.807) is 22.7 Å². The van der Waals surface area contributed by atoms with Gasteiger partial charge in [-0.2, -0.15) is 0 Å². The molecule has 166 valence electrons. The Hall–Kier alpha value is -1.41. The lowest BCUT2D eigenvalue weighted by molar-refractivity contribution is 0.233. The molecule has 0 aliphatic rings. The first-order valence-electron chi connectivity index (χ1n) is 11.0. The summed E-state index contributed by atoms with van der Waals surface area (Å²) in [6.45, 7) is 5.28. The van der Waals surface area contributed by atoms with Crippen molar-refractivity contribution in [2.45, 2.75) is 39.5 Å². The van der Waals surface area contributed by atoms with Crippen molar-refractivity contribution < 1.29 is 4.74 Å². The summed E-state index contributed by atoms with van der Waals surface area (Å²) in [7, 11) is 0. The van der Waals surface area contributed by atoms with Gasteiger partial charge < -0.3 is 9.72 Å². The van der Waals surface area contributed by atoms with Crippen molar-refractivity contribution in [3.63, 3.8) is 0 Å². The van der Waals surface area contributed by atoms with E-state index in [0.717, 1.165) is 48.8 Å². The normalized spacial score (nSPS) is 12.9. The van der Waals surface area contributed by atoms with Crippen molar-refractivity contribution in [2.75, 3.05) is 6.61 Å². The highest BCUT2D eigenvalue weighted by Gasteiger charge is 2.18. The third-order valence-corrected chi connectivity index (χ3v) is 9.44. The zero-order valence-electron chi connectivity index (χ0n) is 18.0. The summed E-state index contributed by atoms with van der Waals surface area (Å²) in [6.07, 6.45) is 4.92. The summed E-state index contributed by atoms with van der Waals surface area (Å²) in [4.78, 5) is 8.61. The predicted octanol–water partition coefficient (Wildman–Crippen LogP) is 9.78. The number of hydrogen-bond acceptors (Lipinski definition) is 4. The molecule has 1 N–H and O–H groups in total. The van der Waals surface area contributed by atoms with Crippen LogP contribution in [-0.4, -0.2) is 16.6 Å². The number of thiophene rings is 2. The highest BCUT2D eigenvalue weighted by atomic mass is 79.9. The average Bonchev–Trinajstić information content (AvgIpc) is 3.50. The van der Waals surface area contributed by atoms with Gasteiger partial charge in [-0.05, 0) is 80.6 Å². The van der Waals surface area contributed by atoms with Gasteiger partial charge in [0.15, 0.2) is 0 Å². The summed E-state index contributed by atoms with van der Waals surface area (Å²) in [5.74, 6) is 2.44. The molecule has 0 spiro atoms. The molecule has 0 saturated carbocycles. The summed E-state index contributed by atoms with van der Waals surface area (Å²) in [5, 5.41) is 2.41. The maximum atomic E-state index is 6.09. The topological polar surface area (TPSA) is 37.9 Å². The molecule has 5 aromatic rings. The van der Waals surface area contributed by atoms with Gasteiger partial charge in [-0.25, -0.2) is 4.98 Å². The quantitative estimate of drug-likeness (QED) is 0.195. The lowest BCUT2D eigenvalue weighted by Crippen LogP contribution is -2.11. The first-order chi connectivity index (χ1) is 15.6. The van der Waals surface area contributed by atoms with E-state index < -0.39 is 0 Å². The van der Waals surface area contributed by atoms with Crippen molar-refractivity contribution >= 4 is 85.7 Å². The van der Waals surface area contributed by atoms with Crippen LogP contribution in [0.5, 0.6) is 5.75 Å². The molecular formula is C25H24Br2N2OS2. The molecule has 0 fully saturated rings. The van der Waals surface area contributed by atoms with Crippen molar-refractivity contribution in [3.05, 3.63) is 44.0 Å². The van der Waals surface area contributed by atoms with E-state index in [1.807, 2.05) is 0 Å². The Morgan fingerprint density at radius 1 is 1.00 bits per heavy atom. The van der Waals surface area contributed by atoms with Crippen LogP contribution >= 0.6 is 54.5 Å². The standard InChI is InChI=1S/C25H24Br2N2OS2/c1-3-5-6-14(4-2)13-30-16-9-7-15(8-10-16)25-28-21-17-11-19(26)31-23(17)24-18(22(21)29-25)12-20(27)32-24/h7-12,14H,3-6,13H2,1-2H3,(H,28,29). The van der Waals surface area contributed by atoms with Crippen LogP contribution in [0.4, 0.5) is 0 Å². The molecule has 1 unspecified atom stereocenters. The number of hydrogen-bond donors (Lipinski definition) is 1. The van der Waals surface area contributed by atoms with E-state index in [2.05, 4.69) is 87.1 Å². The Balaban J connectivity index is 1.46. The van der Waals surface area contributed by atoms with Gasteiger partial charge in [0.05, 0.1) is 34.6 Å². The largest absolute Gasteiger partial charge is 0.493 e. The average molecular weight is 592 g/mol. The number of aromatic amines is 1. The second-order valence-electron chi connectivity index (χ2n) is 8.15. The fraction of sp³-hybridized carbons (Fsp3) is 0.320. The van der Waals surface area contributed by atoms with E-state index in [0.29, 0.717) is 5.92 Å². The monoisotopic (exact) mass is 590 g/mol. The third kappa shape index (κ3) is 4.25. The van der Waals surface area contributed by atoms with E-state index >= 15 is 0 Å². The smallest absolute Gasteiger partial charge is 0.138 e. The molecule has 0 bridgehead atoms. The predicted molar refractivity (Wildman–Crippen MR) is 146 cm³/mol. The van der Waals surface area contributed by atoms with E-state index in [9.17, 15) is 0 Å². The summed E-state index contributed by atoms with van der Waals surface area (Å²) in [6, 6.07) is 12.7. The van der Waals surface area contributed by atoms with Crippen molar-refractivity contribution in [1.29, 1.82) is 0 Å². The number of benzene rings is 2. The Morgan fingerprint density at radius 3 is 2.38 bits per heavy atom. The molecule has 0 aliphatic heterocycles. The molecule has 2 aromatic carbocycles. The number of fused-ring (bicyclic) bond motifs is 6. The number of H-pyrrole nitrogens is 1. The van der Waals surface area contributed by atoms with Crippen LogP contribution < -0.4 is 4.74 Å². The van der Waals surface area contributed by atoms with Gasteiger partial charge in [0.25, 0.3) is 0 Å². The molecule has 3 heterocycles. The van der Waals surface area contributed by atoms with E-state index in [-0.39, 0.29) is 0 Å². The number of rotatable bonds is 8. The van der Waals surface area contributed by atoms with Gasteiger partial charge in [-0.15, -0.1) is 22.7 Å². The molecular weight excluding hydrogens is 568 g/mol. The zero-order chi connectivity index (χ0) is 22.2. The van der Waals surface area contributed by atoms with Crippen LogP contribution in [0.1, 0.15) is 39.5 Å².